The minimum Gasteiger partial charge on any atom is -0.388 e. The lowest BCUT2D eigenvalue weighted by atomic mass is 10.1. The van der Waals surface area contributed by atoms with Gasteiger partial charge in [0.2, 0.25) is 15.9 Å². The molecule has 4 atom stereocenters. The van der Waals surface area contributed by atoms with Crippen molar-refractivity contribution in [2.75, 3.05) is 6.54 Å². The van der Waals surface area contributed by atoms with Gasteiger partial charge in [0.05, 0.1) is 17.4 Å². The van der Waals surface area contributed by atoms with Crippen LogP contribution >= 0.6 is 11.6 Å². The van der Waals surface area contributed by atoms with E-state index in [1.54, 1.807) is 24.5 Å². The van der Waals surface area contributed by atoms with Gasteiger partial charge in [0, 0.05) is 30.5 Å². The molecule has 2 aromatic rings. The molecule has 2 heterocycles. The van der Waals surface area contributed by atoms with Gasteiger partial charge >= 0.3 is 0 Å². The third kappa shape index (κ3) is 5.75. The van der Waals surface area contributed by atoms with Crippen LogP contribution in [0.2, 0.25) is 5.02 Å². The van der Waals surface area contributed by atoms with Gasteiger partial charge in [-0.25, -0.2) is 13.1 Å². The second kappa shape index (κ2) is 9.82. The summed E-state index contributed by atoms with van der Waals surface area (Å²) in [6, 6.07) is 9.14. The molecular weight excluding hydrogens is 434 g/mol. The molecule has 0 aliphatic carbocycles. The molecule has 0 bridgehead atoms. The topological polar surface area (TPSA) is 138 Å². The largest absolute Gasteiger partial charge is 0.388 e. The van der Waals surface area contributed by atoms with E-state index >= 15 is 0 Å². The van der Waals surface area contributed by atoms with E-state index in [1.165, 1.54) is 24.3 Å². The Labute approximate surface area is 179 Å². The molecule has 0 spiro atoms. The zero-order valence-electron chi connectivity index (χ0n) is 15.8. The van der Waals surface area contributed by atoms with Gasteiger partial charge in [-0.3, -0.25) is 9.78 Å². The highest BCUT2D eigenvalue weighted by Crippen LogP contribution is 2.24. The fraction of sp³-hybridized carbons (Fsp3) is 0.368. The summed E-state index contributed by atoms with van der Waals surface area (Å²) < 4.78 is 32.6. The van der Waals surface area contributed by atoms with Crippen molar-refractivity contribution in [1.29, 1.82) is 0 Å². The number of carbonyl (C=O) groups is 1. The lowest BCUT2D eigenvalue weighted by molar-refractivity contribution is -0.125. The molecule has 0 saturated carbocycles. The molecule has 1 aliphatic heterocycles. The minimum atomic E-state index is -3.85. The molecule has 9 nitrogen and oxygen atoms in total. The van der Waals surface area contributed by atoms with Crippen LogP contribution in [-0.2, 0) is 26.1 Å². The average Bonchev–Trinajstić information content (AvgIpc) is 3.00. The van der Waals surface area contributed by atoms with Crippen molar-refractivity contribution in [3.63, 3.8) is 0 Å². The summed E-state index contributed by atoms with van der Waals surface area (Å²) in [7, 11) is -3.85. The van der Waals surface area contributed by atoms with Gasteiger partial charge in [0.1, 0.15) is 18.3 Å². The molecule has 0 unspecified atom stereocenters. The Balaban J connectivity index is 1.51. The molecule has 0 radical (unpaired) electrons. The molecule has 1 aromatic carbocycles. The number of sulfonamides is 1. The first-order valence-electron chi connectivity index (χ1n) is 9.18. The van der Waals surface area contributed by atoms with E-state index in [-0.39, 0.29) is 30.3 Å². The molecule has 3 rings (SSSR count). The number of carbonyl (C=O) groups excluding carboxylic acids is 1. The van der Waals surface area contributed by atoms with Crippen LogP contribution in [0.1, 0.15) is 12.0 Å². The van der Waals surface area contributed by atoms with Gasteiger partial charge in [-0.1, -0.05) is 17.7 Å². The number of nitrogens with zero attached hydrogens (tertiary/aromatic N) is 1. The van der Waals surface area contributed by atoms with Crippen LogP contribution in [0.3, 0.4) is 0 Å². The summed E-state index contributed by atoms with van der Waals surface area (Å²) in [4.78, 5) is 16.1. The van der Waals surface area contributed by atoms with Crippen LogP contribution < -0.4 is 10.0 Å². The molecule has 30 heavy (non-hydrogen) atoms. The zero-order chi connectivity index (χ0) is 21.7. The number of pyridine rings is 1. The fourth-order valence-corrected chi connectivity index (χ4v) is 4.18. The summed E-state index contributed by atoms with van der Waals surface area (Å²) in [5.41, 5.74) is 0.813. The number of hydrogen-bond acceptors (Lipinski definition) is 7. The first-order valence-corrected chi connectivity index (χ1v) is 11.0. The van der Waals surface area contributed by atoms with Gasteiger partial charge in [-0.15, -0.1) is 0 Å². The number of amides is 1. The Morgan fingerprint density at radius 2 is 1.83 bits per heavy atom. The van der Waals surface area contributed by atoms with Crippen LogP contribution in [0, 0.1) is 0 Å². The van der Waals surface area contributed by atoms with Crippen molar-refractivity contribution in [2.45, 2.75) is 42.3 Å². The standard InChI is InChI=1S/C19H22ClN3O6S/c20-13-3-5-14(6-4-13)30(27,28)23-11-16-19(26)18(25)15(29-16)8-17(24)22-10-12-2-1-7-21-9-12/h1-7,9,15-16,18-19,23,25-26H,8,10-11H2,(H,22,24)/t15-,16+,18-,19+/m0/s1. The van der Waals surface area contributed by atoms with Crippen molar-refractivity contribution < 1.29 is 28.2 Å². The molecule has 11 heteroatoms. The van der Waals surface area contributed by atoms with E-state index < -0.39 is 34.4 Å². The maximum atomic E-state index is 12.3. The van der Waals surface area contributed by atoms with Crippen molar-refractivity contribution in [2.24, 2.45) is 0 Å². The number of ether oxygens (including phenoxy) is 1. The predicted molar refractivity (Wildman–Crippen MR) is 108 cm³/mol. The third-order valence-corrected chi connectivity index (χ3v) is 6.35. The van der Waals surface area contributed by atoms with E-state index in [9.17, 15) is 23.4 Å². The quantitative estimate of drug-likeness (QED) is 0.446. The maximum Gasteiger partial charge on any atom is 0.240 e. The van der Waals surface area contributed by atoms with Crippen LogP contribution in [0.4, 0.5) is 0 Å². The normalized spacial score (nSPS) is 24.0. The summed E-state index contributed by atoms with van der Waals surface area (Å²) >= 11 is 5.76. The number of aliphatic hydroxyl groups excluding tert-OH is 2. The van der Waals surface area contributed by atoms with Gasteiger partial charge in [-0.05, 0) is 35.9 Å². The Hall–Kier alpha value is -2.08. The monoisotopic (exact) mass is 455 g/mol. The number of aromatic nitrogens is 1. The van der Waals surface area contributed by atoms with Crippen LogP contribution in [-0.4, -0.2) is 60.5 Å². The molecule has 1 aromatic heterocycles. The molecule has 4 N–H and O–H groups in total. The van der Waals surface area contributed by atoms with Crippen molar-refractivity contribution in [1.82, 2.24) is 15.0 Å². The first-order chi connectivity index (χ1) is 14.3. The lowest BCUT2D eigenvalue weighted by Crippen LogP contribution is -2.40. The number of hydrogen-bond donors (Lipinski definition) is 4. The second-order valence-corrected chi connectivity index (χ2v) is 9.05. The number of nitrogens with one attached hydrogen (secondary N) is 2. The number of benzene rings is 1. The Morgan fingerprint density at radius 3 is 2.50 bits per heavy atom. The predicted octanol–water partition coefficient (Wildman–Crippen LogP) is 0.209. The Kier molecular flexibility index (Phi) is 7.40. The molecule has 1 aliphatic rings. The highest BCUT2D eigenvalue weighted by molar-refractivity contribution is 7.89. The molecule has 162 valence electrons. The van der Waals surface area contributed by atoms with Crippen LogP contribution in [0.5, 0.6) is 0 Å². The molecular formula is C19H22ClN3O6S. The fourth-order valence-electron chi connectivity index (χ4n) is 3.01. The maximum absolute atomic E-state index is 12.3. The van der Waals surface area contributed by atoms with Gasteiger partial charge in [0.15, 0.2) is 0 Å². The van der Waals surface area contributed by atoms with Crippen molar-refractivity contribution in [3.05, 3.63) is 59.4 Å². The average molecular weight is 456 g/mol. The number of rotatable bonds is 8. The Morgan fingerprint density at radius 1 is 1.13 bits per heavy atom. The van der Waals surface area contributed by atoms with Gasteiger partial charge in [0.25, 0.3) is 0 Å². The summed E-state index contributed by atoms with van der Waals surface area (Å²) in [5.74, 6) is -0.377. The van der Waals surface area contributed by atoms with Crippen molar-refractivity contribution >= 4 is 27.5 Å². The number of halogens is 1. The zero-order valence-corrected chi connectivity index (χ0v) is 17.4. The molecule has 1 amide bonds. The van der Waals surface area contributed by atoms with Crippen LogP contribution in [0.15, 0.2) is 53.7 Å². The van der Waals surface area contributed by atoms with Crippen LogP contribution in [0.25, 0.3) is 0 Å². The van der Waals surface area contributed by atoms with Crippen molar-refractivity contribution in [3.8, 4) is 0 Å². The van der Waals surface area contributed by atoms with E-state index in [1.807, 2.05) is 0 Å². The number of aliphatic hydroxyl groups is 2. The molecule has 1 fully saturated rings. The SMILES string of the molecule is O=C(C[C@@H]1O[C@H](CNS(=O)(=O)c2ccc(Cl)cc2)[C@@H](O)[C@H]1O)NCc1cccnc1. The second-order valence-electron chi connectivity index (χ2n) is 6.84. The van der Waals surface area contributed by atoms with E-state index in [4.69, 9.17) is 16.3 Å². The Bertz CT molecular complexity index is 958. The van der Waals surface area contributed by atoms with Gasteiger partial charge in [-0.2, -0.15) is 0 Å². The summed E-state index contributed by atoms with van der Waals surface area (Å²) in [6.45, 7) is -0.000643. The van der Waals surface area contributed by atoms with E-state index in [0.717, 1.165) is 5.56 Å². The minimum absolute atomic E-state index is 0.00580. The van der Waals surface area contributed by atoms with E-state index in [2.05, 4.69) is 15.0 Å². The third-order valence-electron chi connectivity index (χ3n) is 4.66. The van der Waals surface area contributed by atoms with E-state index in [0.29, 0.717) is 5.02 Å². The summed E-state index contributed by atoms with van der Waals surface area (Å²) in [6.07, 6.45) is -1.56. The smallest absolute Gasteiger partial charge is 0.240 e. The first kappa shape index (κ1) is 22.6. The highest BCUT2D eigenvalue weighted by Gasteiger charge is 2.43. The lowest BCUT2D eigenvalue weighted by Gasteiger charge is -2.15. The summed E-state index contributed by atoms with van der Waals surface area (Å²) in [5, 5.41) is 23.5. The highest BCUT2D eigenvalue weighted by atomic mass is 35.5. The molecule has 1 saturated heterocycles. The van der Waals surface area contributed by atoms with Gasteiger partial charge < -0.3 is 20.3 Å².